The minimum absolute atomic E-state index is 0.0650. The van der Waals surface area contributed by atoms with E-state index < -0.39 is 0 Å². The Morgan fingerprint density at radius 3 is 2.62 bits per heavy atom. The lowest BCUT2D eigenvalue weighted by atomic mass is 9.90. The lowest BCUT2D eigenvalue weighted by molar-refractivity contribution is -0.127. The van der Waals surface area contributed by atoms with Crippen molar-refractivity contribution in [2.75, 3.05) is 26.2 Å². The number of nitrogens with zero attached hydrogens (tertiary/aromatic N) is 4. The second-order valence-corrected chi connectivity index (χ2v) is 9.46. The van der Waals surface area contributed by atoms with Gasteiger partial charge in [-0.05, 0) is 63.9 Å². The smallest absolute Gasteiger partial charge is 0.327 e. The normalized spacial score (nSPS) is 25.0. The van der Waals surface area contributed by atoms with E-state index in [0.717, 1.165) is 75.7 Å². The molecule has 2 aliphatic heterocycles. The number of imide groups is 1. The third kappa shape index (κ3) is 3.89. The first-order valence-corrected chi connectivity index (χ1v) is 11.9. The van der Waals surface area contributed by atoms with Crippen LogP contribution < -0.4 is 0 Å². The number of hydrogen-bond donors (Lipinski definition) is 0. The Morgan fingerprint density at radius 1 is 1.12 bits per heavy atom. The van der Waals surface area contributed by atoms with E-state index in [4.69, 9.17) is 4.52 Å². The van der Waals surface area contributed by atoms with Crippen molar-refractivity contribution in [3.63, 3.8) is 0 Å². The zero-order valence-electron chi connectivity index (χ0n) is 18.6. The Labute approximate surface area is 187 Å². The molecule has 3 fully saturated rings. The summed E-state index contributed by atoms with van der Waals surface area (Å²) in [5, 5.41) is 5.14. The van der Waals surface area contributed by atoms with Crippen LogP contribution in [0.4, 0.5) is 9.18 Å². The Kier molecular flexibility index (Phi) is 5.88. The topological polar surface area (TPSA) is 69.9 Å². The Balaban J connectivity index is 1.13. The van der Waals surface area contributed by atoms with E-state index in [2.05, 4.69) is 10.1 Å². The third-order valence-electron chi connectivity index (χ3n) is 7.53. The molecule has 0 N–H and O–H groups in total. The number of rotatable bonds is 5. The van der Waals surface area contributed by atoms with Crippen molar-refractivity contribution in [3.05, 3.63) is 29.7 Å². The average molecular weight is 443 g/mol. The summed E-state index contributed by atoms with van der Waals surface area (Å²) in [7, 11) is 0. The zero-order chi connectivity index (χ0) is 22.2. The Morgan fingerprint density at radius 2 is 1.88 bits per heavy atom. The maximum Gasteiger partial charge on any atom is 0.327 e. The van der Waals surface area contributed by atoms with Gasteiger partial charge in [0.2, 0.25) is 5.91 Å². The number of hydrogen-bond acceptors (Lipinski definition) is 5. The standard InChI is InChI=1S/C24H31FN4O3/c1-16(30)29-21-6-3-2-5-20(21)28(24(29)31)12-4-11-27-13-9-17(10-14-27)23-19-8-7-18(25)15-22(19)32-26-23/h7-8,15,17,20-21H,2-6,9-14H2,1H3. The fourth-order valence-electron chi connectivity index (χ4n) is 5.93. The van der Waals surface area contributed by atoms with Gasteiger partial charge in [0.1, 0.15) is 5.82 Å². The molecule has 1 aromatic carbocycles. The maximum atomic E-state index is 13.4. The van der Waals surface area contributed by atoms with Crippen LogP contribution in [0.25, 0.3) is 11.0 Å². The summed E-state index contributed by atoms with van der Waals surface area (Å²) in [4.78, 5) is 30.8. The number of likely N-dealkylation sites (tertiary alicyclic amines) is 1. The van der Waals surface area contributed by atoms with Crippen LogP contribution in [-0.4, -0.2) is 70.1 Å². The van der Waals surface area contributed by atoms with Crippen LogP contribution in [0.2, 0.25) is 0 Å². The van der Waals surface area contributed by atoms with Crippen molar-refractivity contribution in [1.82, 2.24) is 19.9 Å². The molecule has 1 aromatic heterocycles. The van der Waals surface area contributed by atoms with Gasteiger partial charge in [-0.25, -0.2) is 9.18 Å². The van der Waals surface area contributed by atoms with Gasteiger partial charge in [-0.2, -0.15) is 0 Å². The zero-order valence-corrected chi connectivity index (χ0v) is 18.6. The minimum Gasteiger partial charge on any atom is -0.356 e. The van der Waals surface area contributed by atoms with Crippen LogP contribution in [-0.2, 0) is 4.79 Å². The number of amides is 3. The molecule has 32 heavy (non-hydrogen) atoms. The van der Waals surface area contributed by atoms with Crippen molar-refractivity contribution < 1.29 is 18.5 Å². The molecule has 0 bridgehead atoms. The molecule has 0 spiro atoms. The molecule has 2 aromatic rings. The van der Waals surface area contributed by atoms with Crippen LogP contribution in [0.15, 0.2) is 22.7 Å². The summed E-state index contributed by atoms with van der Waals surface area (Å²) in [5.41, 5.74) is 1.45. The number of carbonyl (C=O) groups is 2. The molecule has 5 rings (SSSR count). The molecule has 3 heterocycles. The largest absolute Gasteiger partial charge is 0.356 e. The minimum atomic E-state index is -0.308. The monoisotopic (exact) mass is 442 g/mol. The lowest BCUT2D eigenvalue weighted by Crippen LogP contribution is -2.41. The number of fused-ring (bicyclic) bond motifs is 2. The Bertz CT molecular complexity index is 1000. The molecule has 3 amide bonds. The number of carbonyl (C=O) groups excluding carboxylic acids is 2. The molecular formula is C24H31FN4O3. The van der Waals surface area contributed by atoms with E-state index in [0.29, 0.717) is 18.0 Å². The van der Waals surface area contributed by atoms with Crippen molar-refractivity contribution >= 4 is 22.9 Å². The molecular weight excluding hydrogens is 411 g/mol. The van der Waals surface area contributed by atoms with Gasteiger partial charge >= 0.3 is 6.03 Å². The van der Waals surface area contributed by atoms with Crippen molar-refractivity contribution in [1.29, 1.82) is 0 Å². The lowest BCUT2D eigenvalue weighted by Gasteiger charge is -2.33. The molecule has 2 atom stereocenters. The summed E-state index contributed by atoms with van der Waals surface area (Å²) in [5.74, 6) is -0.109. The highest BCUT2D eigenvalue weighted by Gasteiger charge is 2.47. The van der Waals surface area contributed by atoms with Gasteiger partial charge < -0.3 is 14.3 Å². The second-order valence-electron chi connectivity index (χ2n) is 9.46. The molecule has 172 valence electrons. The van der Waals surface area contributed by atoms with Crippen LogP contribution in [0.1, 0.15) is 63.5 Å². The van der Waals surface area contributed by atoms with E-state index in [-0.39, 0.29) is 29.8 Å². The van der Waals surface area contributed by atoms with Gasteiger partial charge in [0.25, 0.3) is 0 Å². The third-order valence-corrected chi connectivity index (χ3v) is 7.53. The van der Waals surface area contributed by atoms with Crippen LogP contribution in [0, 0.1) is 5.82 Å². The molecule has 8 heteroatoms. The highest BCUT2D eigenvalue weighted by molar-refractivity contribution is 5.95. The summed E-state index contributed by atoms with van der Waals surface area (Å²) in [6.07, 6.45) is 7.06. The molecule has 0 radical (unpaired) electrons. The summed E-state index contributed by atoms with van der Waals surface area (Å²) >= 11 is 0. The van der Waals surface area contributed by atoms with Crippen molar-refractivity contribution in [2.45, 2.75) is 69.9 Å². The van der Waals surface area contributed by atoms with Crippen LogP contribution in [0.3, 0.4) is 0 Å². The fourth-order valence-corrected chi connectivity index (χ4v) is 5.93. The first kappa shape index (κ1) is 21.4. The molecule has 7 nitrogen and oxygen atoms in total. The van der Waals surface area contributed by atoms with Crippen molar-refractivity contribution in [2.24, 2.45) is 0 Å². The van der Waals surface area contributed by atoms with Gasteiger partial charge in [-0.15, -0.1) is 0 Å². The van der Waals surface area contributed by atoms with Gasteiger partial charge in [-0.1, -0.05) is 18.0 Å². The first-order chi connectivity index (χ1) is 15.5. The number of aromatic nitrogens is 1. The van der Waals surface area contributed by atoms with Crippen LogP contribution in [0.5, 0.6) is 0 Å². The number of benzene rings is 1. The SMILES string of the molecule is CC(=O)N1C(=O)N(CCCN2CCC(c3noc4cc(F)ccc34)CC2)C2CCCCC21. The maximum absolute atomic E-state index is 13.4. The molecule has 1 aliphatic carbocycles. The summed E-state index contributed by atoms with van der Waals surface area (Å²) in [6.45, 7) is 5.10. The van der Waals surface area contributed by atoms with Gasteiger partial charge in [0.05, 0.1) is 17.8 Å². The number of halogens is 1. The summed E-state index contributed by atoms with van der Waals surface area (Å²) in [6, 6.07) is 4.78. The van der Waals surface area contributed by atoms with E-state index in [9.17, 15) is 14.0 Å². The highest BCUT2D eigenvalue weighted by Crippen LogP contribution is 2.35. The van der Waals surface area contributed by atoms with Crippen molar-refractivity contribution in [3.8, 4) is 0 Å². The van der Waals surface area contributed by atoms with E-state index in [1.807, 2.05) is 4.90 Å². The molecule has 2 saturated heterocycles. The second kappa shape index (κ2) is 8.81. The number of urea groups is 1. The molecule has 3 aliphatic rings. The van der Waals surface area contributed by atoms with E-state index in [1.165, 1.54) is 24.0 Å². The predicted octanol–water partition coefficient (Wildman–Crippen LogP) is 4.13. The van der Waals surface area contributed by atoms with E-state index in [1.54, 1.807) is 6.07 Å². The summed E-state index contributed by atoms with van der Waals surface area (Å²) < 4.78 is 18.7. The highest BCUT2D eigenvalue weighted by atomic mass is 19.1. The fraction of sp³-hybridized carbons (Fsp3) is 0.625. The predicted molar refractivity (Wildman–Crippen MR) is 118 cm³/mol. The van der Waals surface area contributed by atoms with Gasteiger partial charge in [-0.3, -0.25) is 9.69 Å². The first-order valence-electron chi connectivity index (χ1n) is 11.9. The quantitative estimate of drug-likeness (QED) is 0.696. The number of piperidine rings is 1. The van der Waals surface area contributed by atoms with E-state index >= 15 is 0 Å². The molecule has 1 saturated carbocycles. The average Bonchev–Trinajstić information content (AvgIpc) is 3.32. The Hall–Kier alpha value is -2.48. The van der Waals surface area contributed by atoms with Gasteiger partial charge in [0, 0.05) is 30.8 Å². The molecule has 2 unspecified atom stereocenters. The van der Waals surface area contributed by atoms with Gasteiger partial charge in [0.15, 0.2) is 5.58 Å². The van der Waals surface area contributed by atoms with Crippen LogP contribution >= 0.6 is 0 Å².